The molecule has 0 spiro atoms. The van der Waals surface area contributed by atoms with Gasteiger partial charge in [0, 0.05) is 18.9 Å². The minimum atomic E-state index is -0.223. The number of carbonyl (C=O) groups excluding carboxylic acids is 1. The lowest BCUT2D eigenvalue weighted by atomic mass is 10.1. The largest absolute Gasteiger partial charge is 0.494 e. The molecule has 8 heteroatoms. The minimum Gasteiger partial charge on any atom is -0.494 e. The second-order valence-corrected chi connectivity index (χ2v) is 7.51. The first-order chi connectivity index (χ1) is 15.5. The standard InChI is InChI=1S/C24H25N5O3/c1-4-32-20-12-10-19(11-13-20)15-28(17(3)30)24-26-23-25-16(2)21(22(31)29(23)27-24)14-18-8-6-5-7-9-18/h5-13H,4,14-15H2,1-3H3,(H,25,26,27). The molecule has 0 saturated heterocycles. The number of benzene rings is 2. The molecule has 4 rings (SSSR count). The second kappa shape index (κ2) is 9.05. The molecule has 0 bridgehead atoms. The monoisotopic (exact) mass is 431 g/mol. The Morgan fingerprint density at radius 1 is 1.06 bits per heavy atom. The predicted molar refractivity (Wildman–Crippen MR) is 122 cm³/mol. The third kappa shape index (κ3) is 4.39. The lowest BCUT2D eigenvalue weighted by Gasteiger charge is -2.17. The quantitative estimate of drug-likeness (QED) is 0.485. The number of nitrogens with one attached hydrogen (secondary N) is 1. The van der Waals surface area contributed by atoms with E-state index in [1.54, 1.807) is 6.92 Å². The lowest BCUT2D eigenvalue weighted by molar-refractivity contribution is -0.116. The number of ether oxygens (including phenoxy) is 1. The Kier molecular flexibility index (Phi) is 6.02. The molecule has 0 unspecified atom stereocenters. The fraction of sp³-hybridized carbons (Fsp3) is 0.250. The first-order valence-electron chi connectivity index (χ1n) is 10.5. The maximum atomic E-state index is 13.2. The number of nitrogens with zero attached hydrogens (tertiary/aromatic N) is 4. The van der Waals surface area contributed by atoms with E-state index in [0.29, 0.717) is 30.8 Å². The van der Waals surface area contributed by atoms with Crippen LogP contribution in [0.2, 0.25) is 0 Å². The number of aryl methyl sites for hydroxylation is 1. The van der Waals surface area contributed by atoms with Gasteiger partial charge in [0.15, 0.2) is 0 Å². The van der Waals surface area contributed by atoms with Gasteiger partial charge >= 0.3 is 0 Å². The van der Waals surface area contributed by atoms with Gasteiger partial charge in [0.1, 0.15) is 5.75 Å². The van der Waals surface area contributed by atoms with Crippen LogP contribution in [0.15, 0.2) is 59.4 Å². The zero-order chi connectivity index (χ0) is 22.7. The van der Waals surface area contributed by atoms with E-state index in [-0.39, 0.29) is 23.2 Å². The van der Waals surface area contributed by atoms with Crippen LogP contribution < -0.4 is 15.2 Å². The van der Waals surface area contributed by atoms with Crippen molar-refractivity contribution in [2.75, 3.05) is 11.5 Å². The van der Waals surface area contributed by atoms with Crippen molar-refractivity contribution >= 4 is 17.6 Å². The molecule has 0 saturated carbocycles. The van der Waals surface area contributed by atoms with Crippen LogP contribution in [0.25, 0.3) is 5.78 Å². The highest BCUT2D eigenvalue weighted by molar-refractivity contribution is 5.89. The molecule has 2 aromatic carbocycles. The number of fused-ring (bicyclic) bond motifs is 1. The average Bonchev–Trinajstić information content (AvgIpc) is 3.20. The third-order valence-corrected chi connectivity index (χ3v) is 5.22. The van der Waals surface area contributed by atoms with Gasteiger partial charge in [0.05, 0.1) is 18.8 Å². The molecule has 164 valence electrons. The number of rotatable bonds is 7. The van der Waals surface area contributed by atoms with E-state index in [1.165, 1.54) is 16.3 Å². The number of hydrogen-bond donors (Lipinski definition) is 1. The Hall–Kier alpha value is -3.94. The summed E-state index contributed by atoms with van der Waals surface area (Å²) in [6, 6.07) is 17.3. The van der Waals surface area contributed by atoms with Crippen LogP contribution in [0.4, 0.5) is 5.95 Å². The molecule has 0 aliphatic heterocycles. The summed E-state index contributed by atoms with van der Waals surface area (Å²) in [7, 11) is 0. The molecular formula is C24H25N5O3. The Morgan fingerprint density at radius 2 is 1.78 bits per heavy atom. The van der Waals surface area contributed by atoms with Gasteiger partial charge in [-0.15, -0.1) is 0 Å². The molecule has 0 aliphatic rings. The van der Waals surface area contributed by atoms with E-state index in [4.69, 9.17) is 4.74 Å². The van der Waals surface area contributed by atoms with Crippen molar-refractivity contribution in [2.24, 2.45) is 0 Å². The van der Waals surface area contributed by atoms with Gasteiger partial charge in [-0.25, -0.2) is 4.98 Å². The summed E-state index contributed by atoms with van der Waals surface area (Å²) < 4.78 is 6.77. The third-order valence-electron chi connectivity index (χ3n) is 5.22. The van der Waals surface area contributed by atoms with Gasteiger partial charge < -0.3 is 4.74 Å². The maximum Gasteiger partial charge on any atom is 0.277 e. The fourth-order valence-corrected chi connectivity index (χ4v) is 3.54. The second-order valence-electron chi connectivity index (χ2n) is 7.51. The van der Waals surface area contributed by atoms with Crippen LogP contribution in [-0.4, -0.2) is 32.1 Å². The summed E-state index contributed by atoms with van der Waals surface area (Å²) in [5.74, 6) is 1.07. The van der Waals surface area contributed by atoms with Gasteiger partial charge in [-0.2, -0.15) is 9.50 Å². The molecule has 2 aromatic heterocycles. The zero-order valence-electron chi connectivity index (χ0n) is 18.3. The number of anilines is 1. The van der Waals surface area contributed by atoms with Crippen LogP contribution in [0.5, 0.6) is 5.75 Å². The molecule has 1 amide bonds. The molecule has 0 atom stereocenters. The van der Waals surface area contributed by atoms with Crippen LogP contribution >= 0.6 is 0 Å². The summed E-state index contributed by atoms with van der Waals surface area (Å²) in [6.07, 6.45) is 0.471. The van der Waals surface area contributed by atoms with E-state index in [2.05, 4.69) is 15.1 Å². The summed E-state index contributed by atoms with van der Waals surface area (Å²) >= 11 is 0. The van der Waals surface area contributed by atoms with E-state index in [9.17, 15) is 9.59 Å². The first-order valence-corrected chi connectivity index (χ1v) is 10.5. The first kappa shape index (κ1) is 21.3. The maximum absolute atomic E-state index is 13.2. The lowest BCUT2D eigenvalue weighted by Crippen LogP contribution is -2.29. The molecular weight excluding hydrogens is 406 g/mol. The number of aromatic nitrogens is 4. The number of H-pyrrole nitrogens is 1. The van der Waals surface area contributed by atoms with Crippen LogP contribution in [0.1, 0.15) is 36.2 Å². The Balaban J connectivity index is 1.67. The van der Waals surface area contributed by atoms with Crippen molar-refractivity contribution in [2.45, 2.75) is 33.7 Å². The smallest absolute Gasteiger partial charge is 0.277 e. The van der Waals surface area contributed by atoms with E-state index in [0.717, 1.165) is 16.9 Å². The summed E-state index contributed by atoms with van der Waals surface area (Å²) in [6.45, 7) is 6.08. The van der Waals surface area contributed by atoms with Crippen LogP contribution in [0, 0.1) is 6.92 Å². The topological polar surface area (TPSA) is 92.6 Å². The normalized spacial score (nSPS) is 11.0. The molecule has 2 heterocycles. The Bertz CT molecular complexity index is 1290. The highest BCUT2D eigenvalue weighted by Crippen LogP contribution is 2.18. The summed E-state index contributed by atoms with van der Waals surface area (Å²) in [5.41, 5.74) is 2.92. The molecule has 0 aliphatic carbocycles. The minimum absolute atomic E-state index is 0.202. The van der Waals surface area contributed by atoms with Gasteiger partial charge in [0.2, 0.25) is 11.9 Å². The number of amides is 1. The van der Waals surface area contributed by atoms with E-state index in [1.807, 2.05) is 61.5 Å². The number of aromatic amines is 1. The Morgan fingerprint density at radius 3 is 2.44 bits per heavy atom. The zero-order valence-corrected chi connectivity index (χ0v) is 18.3. The van der Waals surface area contributed by atoms with Crippen molar-refractivity contribution in [3.8, 4) is 5.75 Å². The number of carbonyl (C=O) groups is 1. The SMILES string of the molecule is CCOc1ccc(CN(C(C)=O)c2nc3nc(C)c(Cc4ccccc4)c(=O)n3[nH]2)cc1. The van der Waals surface area contributed by atoms with Crippen molar-refractivity contribution in [1.29, 1.82) is 0 Å². The van der Waals surface area contributed by atoms with E-state index >= 15 is 0 Å². The average molecular weight is 431 g/mol. The highest BCUT2D eigenvalue weighted by atomic mass is 16.5. The molecule has 1 N–H and O–H groups in total. The van der Waals surface area contributed by atoms with Crippen molar-refractivity contribution in [3.63, 3.8) is 0 Å². The van der Waals surface area contributed by atoms with E-state index < -0.39 is 0 Å². The van der Waals surface area contributed by atoms with Crippen molar-refractivity contribution < 1.29 is 9.53 Å². The number of hydrogen-bond acceptors (Lipinski definition) is 5. The van der Waals surface area contributed by atoms with Gasteiger partial charge in [-0.1, -0.05) is 42.5 Å². The Labute approximate surface area is 185 Å². The summed E-state index contributed by atoms with van der Waals surface area (Å²) in [5, 5.41) is 2.96. The summed E-state index contributed by atoms with van der Waals surface area (Å²) in [4.78, 5) is 35.9. The van der Waals surface area contributed by atoms with Crippen molar-refractivity contribution in [3.05, 3.63) is 87.3 Å². The fourth-order valence-electron chi connectivity index (χ4n) is 3.54. The predicted octanol–water partition coefficient (Wildman–Crippen LogP) is 3.27. The molecule has 4 aromatic rings. The van der Waals surface area contributed by atoms with Crippen LogP contribution in [0.3, 0.4) is 0 Å². The van der Waals surface area contributed by atoms with Crippen LogP contribution in [-0.2, 0) is 17.8 Å². The highest BCUT2D eigenvalue weighted by Gasteiger charge is 2.20. The molecule has 0 fully saturated rings. The molecule has 32 heavy (non-hydrogen) atoms. The van der Waals surface area contributed by atoms with Gasteiger partial charge in [-0.05, 0) is 37.1 Å². The van der Waals surface area contributed by atoms with Crippen molar-refractivity contribution in [1.82, 2.24) is 19.6 Å². The van der Waals surface area contributed by atoms with Gasteiger partial charge in [0.25, 0.3) is 11.3 Å². The molecule has 0 radical (unpaired) electrons. The van der Waals surface area contributed by atoms with Gasteiger partial charge in [-0.3, -0.25) is 19.6 Å². The molecule has 8 nitrogen and oxygen atoms in total.